The Morgan fingerprint density at radius 2 is 1.89 bits per heavy atom. The number of rotatable bonds is 5. The van der Waals surface area contributed by atoms with Crippen LogP contribution in [0.2, 0.25) is 0 Å². The quantitative estimate of drug-likeness (QED) is 0.835. The van der Waals surface area contributed by atoms with Gasteiger partial charge in [-0.05, 0) is 17.7 Å². The minimum absolute atomic E-state index is 0.194. The van der Waals surface area contributed by atoms with Gasteiger partial charge in [0.05, 0.1) is 11.6 Å². The molecule has 1 amide bonds. The fraction of sp³-hybridized carbons (Fsp3) is 0.357. The third-order valence-electron chi connectivity index (χ3n) is 2.66. The van der Waals surface area contributed by atoms with Gasteiger partial charge in [0.15, 0.2) is 0 Å². The van der Waals surface area contributed by atoms with Gasteiger partial charge in [0.1, 0.15) is 6.04 Å². The third-order valence-corrected chi connectivity index (χ3v) is 2.66. The number of carbonyl (C=O) groups is 2. The smallest absolute Gasteiger partial charge is 0.326 e. The Morgan fingerprint density at radius 3 is 2.32 bits per heavy atom. The number of nitrogens with zero attached hydrogens (tertiary/aromatic N) is 1. The number of carbonyl (C=O) groups excluding carboxylic acids is 1. The van der Waals surface area contributed by atoms with Crippen LogP contribution in [0.25, 0.3) is 0 Å². The van der Waals surface area contributed by atoms with Crippen molar-refractivity contribution in [3.8, 4) is 6.07 Å². The molecule has 0 aromatic heterocycles. The van der Waals surface area contributed by atoms with Crippen LogP contribution >= 0.6 is 0 Å². The van der Waals surface area contributed by atoms with Crippen LogP contribution in [0.3, 0.4) is 0 Å². The minimum atomic E-state index is -1.07. The van der Waals surface area contributed by atoms with Crippen LogP contribution in [0.15, 0.2) is 24.3 Å². The second-order valence-electron chi connectivity index (χ2n) is 4.57. The van der Waals surface area contributed by atoms with Crippen molar-refractivity contribution in [1.82, 2.24) is 5.32 Å². The second-order valence-corrected chi connectivity index (χ2v) is 4.57. The molecule has 1 atom stereocenters. The van der Waals surface area contributed by atoms with Crippen LogP contribution in [0.1, 0.15) is 25.0 Å². The number of carboxylic acids is 1. The van der Waals surface area contributed by atoms with E-state index in [9.17, 15) is 9.59 Å². The summed E-state index contributed by atoms with van der Waals surface area (Å²) in [6.45, 7) is 3.41. The van der Waals surface area contributed by atoms with Crippen molar-refractivity contribution >= 4 is 11.9 Å². The maximum absolute atomic E-state index is 11.5. The fourth-order valence-corrected chi connectivity index (χ4v) is 1.49. The Labute approximate surface area is 111 Å². The number of amides is 1. The number of benzene rings is 1. The highest BCUT2D eigenvalue weighted by Gasteiger charge is 2.21. The zero-order valence-electron chi connectivity index (χ0n) is 10.9. The first-order valence-electron chi connectivity index (χ1n) is 5.96. The first-order valence-corrected chi connectivity index (χ1v) is 5.96. The molecule has 0 saturated carbocycles. The van der Waals surface area contributed by atoms with E-state index in [2.05, 4.69) is 5.32 Å². The number of nitrogens with one attached hydrogen (secondary N) is 1. The van der Waals surface area contributed by atoms with E-state index >= 15 is 0 Å². The average molecular weight is 260 g/mol. The van der Waals surface area contributed by atoms with Crippen molar-refractivity contribution < 1.29 is 14.7 Å². The van der Waals surface area contributed by atoms with E-state index in [4.69, 9.17) is 10.4 Å². The summed E-state index contributed by atoms with van der Waals surface area (Å²) in [5.41, 5.74) is 1.28. The third kappa shape index (κ3) is 4.43. The number of hydrogen-bond donors (Lipinski definition) is 2. The van der Waals surface area contributed by atoms with Crippen LogP contribution in [-0.2, 0) is 16.0 Å². The molecule has 2 N–H and O–H groups in total. The summed E-state index contributed by atoms with van der Waals surface area (Å²) in [5.74, 6) is -1.62. The lowest BCUT2D eigenvalue weighted by Crippen LogP contribution is -2.44. The van der Waals surface area contributed by atoms with Gasteiger partial charge in [-0.1, -0.05) is 26.0 Å². The van der Waals surface area contributed by atoms with E-state index in [1.165, 1.54) is 0 Å². The van der Waals surface area contributed by atoms with E-state index in [0.717, 1.165) is 5.56 Å². The molecule has 0 aliphatic heterocycles. The Kier molecular flexibility index (Phi) is 5.07. The zero-order valence-corrected chi connectivity index (χ0v) is 10.9. The number of nitriles is 1. The Morgan fingerprint density at radius 1 is 1.32 bits per heavy atom. The molecule has 0 aliphatic rings. The molecule has 5 heteroatoms. The molecule has 0 fully saturated rings. The van der Waals surface area contributed by atoms with E-state index in [1.54, 1.807) is 38.1 Å². The predicted molar refractivity (Wildman–Crippen MR) is 69.3 cm³/mol. The Balaban J connectivity index is 2.75. The van der Waals surface area contributed by atoms with Gasteiger partial charge in [0.25, 0.3) is 0 Å². The molecule has 1 aromatic rings. The average Bonchev–Trinajstić information content (AvgIpc) is 2.38. The number of carboxylic acid groups (broad SMARTS) is 1. The lowest BCUT2D eigenvalue weighted by atomic mass is 10.0. The van der Waals surface area contributed by atoms with Gasteiger partial charge < -0.3 is 10.4 Å². The summed E-state index contributed by atoms with van der Waals surface area (Å²) in [4.78, 5) is 22.6. The highest BCUT2D eigenvalue weighted by atomic mass is 16.4. The van der Waals surface area contributed by atoms with Gasteiger partial charge in [0, 0.05) is 12.3 Å². The Bertz CT molecular complexity index is 500. The molecule has 0 saturated heterocycles. The van der Waals surface area contributed by atoms with Crippen LogP contribution < -0.4 is 5.32 Å². The van der Waals surface area contributed by atoms with Crippen molar-refractivity contribution in [3.05, 3.63) is 35.4 Å². The van der Waals surface area contributed by atoms with E-state index < -0.39 is 12.0 Å². The first kappa shape index (κ1) is 14.7. The first-order chi connectivity index (χ1) is 8.93. The van der Waals surface area contributed by atoms with Crippen LogP contribution in [-0.4, -0.2) is 23.0 Å². The van der Waals surface area contributed by atoms with Crippen molar-refractivity contribution in [2.45, 2.75) is 26.3 Å². The van der Waals surface area contributed by atoms with Crippen LogP contribution in [0, 0.1) is 17.2 Å². The van der Waals surface area contributed by atoms with Gasteiger partial charge in [-0.3, -0.25) is 4.79 Å². The van der Waals surface area contributed by atoms with Crippen molar-refractivity contribution in [1.29, 1.82) is 5.26 Å². The van der Waals surface area contributed by atoms with Gasteiger partial charge in [-0.25, -0.2) is 4.79 Å². The normalized spacial score (nSPS) is 11.7. The minimum Gasteiger partial charge on any atom is -0.480 e. The molecule has 100 valence electrons. The summed E-state index contributed by atoms with van der Waals surface area (Å²) in [5, 5.41) is 20.3. The summed E-state index contributed by atoms with van der Waals surface area (Å²) >= 11 is 0. The topological polar surface area (TPSA) is 90.2 Å². The molecule has 1 aromatic carbocycles. The molecule has 0 bridgehead atoms. The molecule has 19 heavy (non-hydrogen) atoms. The van der Waals surface area contributed by atoms with Crippen molar-refractivity contribution in [3.63, 3.8) is 0 Å². The SMILES string of the molecule is CC(C)C(=O)N[C@H](Cc1ccc(C#N)cc1)C(=O)O. The van der Waals surface area contributed by atoms with Crippen LogP contribution in [0.4, 0.5) is 0 Å². The second kappa shape index (κ2) is 6.55. The molecular formula is C14H16N2O3. The van der Waals surface area contributed by atoms with Crippen LogP contribution in [0.5, 0.6) is 0 Å². The van der Waals surface area contributed by atoms with Gasteiger partial charge in [-0.15, -0.1) is 0 Å². The molecule has 0 spiro atoms. The standard InChI is InChI=1S/C14H16N2O3/c1-9(2)13(17)16-12(14(18)19)7-10-3-5-11(8-15)6-4-10/h3-6,9,12H,7H2,1-2H3,(H,16,17)(H,18,19)/t12-/m1/s1. The maximum Gasteiger partial charge on any atom is 0.326 e. The molecular weight excluding hydrogens is 244 g/mol. The van der Waals surface area contributed by atoms with E-state index in [1.807, 2.05) is 6.07 Å². The maximum atomic E-state index is 11.5. The highest BCUT2D eigenvalue weighted by molar-refractivity contribution is 5.84. The molecule has 1 rings (SSSR count). The summed E-state index contributed by atoms with van der Waals surface area (Å²) in [6, 6.07) is 7.66. The molecule has 0 heterocycles. The zero-order chi connectivity index (χ0) is 14.4. The summed E-state index contributed by atoms with van der Waals surface area (Å²) in [6.07, 6.45) is 0.194. The molecule has 0 unspecified atom stereocenters. The lowest BCUT2D eigenvalue weighted by molar-refractivity contribution is -0.142. The molecule has 0 aliphatic carbocycles. The van der Waals surface area contributed by atoms with E-state index in [-0.39, 0.29) is 18.2 Å². The predicted octanol–water partition coefficient (Wildman–Crippen LogP) is 1.33. The Hall–Kier alpha value is -2.35. The van der Waals surface area contributed by atoms with Gasteiger partial charge in [0.2, 0.25) is 5.91 Å². The largest absolute Gasteiger partial charge is 0.480 e. The fourth-order valence-electron chi connectivity index (χ4n) is 1.49. The molecule has 0 radical (unpaired) electrons. The highest BCUT2D eigenvalue weighted by Crippen LogP contribution is 2.07. The number of hydrogen-bond acceptors (Lipinski definition) is 3. The lowest BCUT2D eigenvalue weighted by Gasteiger charge is -2.16. The molecule has 5 nitrogen and oxygen atoms in total. The monoisotopic (exact) mass is 260 g/mol. The van der Waals surface area contributed by atoms with Gasteiger partial charge in [-0.2, -0.15) is 5.26 Å². The number of aliphatic carboxylic acids is 1. The van der Waals surface area contributed by atoms with Crippen molar-refractivity contribution in [2.75, 3.05) is 0 Å². The van der Waals surface area contributed by atoms with E-state index in [0.29, 0.717) is 5.56 Å². The van der Waals surface area contributed by atoms with Gasteiger partial charge >= 0.3 is 5.97 Å². The van der Waals surface area contributed by atoms with Crippen molar-refractivity contribution in [2.24, 2.45) is 5.92 Å². The summed E-state index contributed by atoms with van der Waals surface area (Å²) < 4.78 is 0. The summed E-state index contributed by atoms with van der Waals surface area (Å²) in [7, 11) is 0.